The van der Waals surface area contributed by atoms with Gasteiger partial charge in [-0.15, -0.1) is 11.3 Å². The first kappa shape index (κ1) is 24.9. The zero-order valence-corrected chi connectivity index (χ0v) is 21.7. The molecule has 2 unspecified atom stereocenters. The predicted octanol–water partition coefficient (Wildman–Crippen LogP) is 6.01. The molecule has 1 aliphatic carbocycles. The average molecular weight is 531 g/mol. The number of hydrogen-bond donors (Lipinski definition) is 0. The van der Waals surface area contributed by atoms with E-state index in [-0.39, 0.29) is 12.0 Å². The van der Waals surface area contributed by atoms with Crippen molar-refractivity contribution in [3.8, 4) is 0 Å². The number of hydrogen-bond acceptors (Lipinski definition) is 4. The summed E-state index contributed by atoms with van der Waals surface area (Å²) in [5.74, 6) is 1.33. The number of thiophene rings is 1. The lowest BCUT2D eigenvalue weighted by molar-refractivity contribution is -0.138. The van der Waals surface area contributed by atoms with Crippen LogP contribution in [0.4, 0.5) is 13.2 Å². The Hall–Kier alpha value is -2.39. The fourth-order valence-corrected chi connectivity index (χ4v) is 7.46. The first-order valence-corrected chi connectivity index (χ1v) is 14.3. The number of benzene rings is 1. The van der Waals surface area contributed by atoms with Crippen LogP contribution in [0.25, 0.3) is 10.1 Å². The number of amides is 1. The van der Waals surface area contributed by atoms with E-state index in [9.17, 15) is 18.0 Å². The lowest BCUT2D eigenvalue weighted by Gasteiger charge is -2.36. The molecule has 198 valence electrons. The Bertz CT molecular complexity index is 1230. The first-order chi connectivity index (χ1) is 17.9. The summed E-state index contributed by atoms with van der Waals surface area (Å²) in [6.07, 6.45) is 7.63. The number of piperidine rings is 2. The molecule has 37 heavy (non-hydrogen) atoms. The fraction of sp³-hybridized carbons (Fsp3) is 0.571. The van der Waals surface area contributed by atoms with Gasteiger partial charge in [0.1, 0.15) is 0 Å². The van der Waals surface area contributed by atoms with Crippen LogP contribution >= 0.6 is 11.3 Å². The van der Waals surface area contributed by atoms with Gasteiger partial charge in [-0.3, -0.25) is 4.79 Å². The van der Waals surface area contributed by atoms with Gasteiger partial charge in [0.2, 0.25) is 5.91 Å². The van der Waals surface area contributed by atoms with E-state index < -0.39 is 11.7 Å². The number of nitrogens with zero attached hydrogens (tertiary/aromatic N) is 4. The third-order valence-electron chi connectivity index (χ3n) is 8.58. The van der Waals surface area contributed by atoms with Crippen molar-refractivity contribution in [2.24, 2.45) is 11.8 Å². The average Bonchev–Trinajstić information content (AvgIpc) is 3.25. The molecule has 3 atom stereocenters. The molecule has 6 rings (SSSR count). The van der Waals surface area contributed by atoms with Crippen molar-refractivity contribution >= 4 is 27.3 Å². The van der Waals surface area contributed by atoms with Gasteiger partial charge in [-0.2, -0.15) is 13.2 Å². The van der Waals surface area contributed by atoms with Crippen LogP contribution in [0.5, 0.6) is 0 Å². The summed E-state index contributed by atoms with van der Waals surface area (Å²) < 4.78 is 42.0. The van der Waals surface area contributed by atoms with E-state index in [1.54, 1.807) is 12.3 Å². The molecule has 3 aliphatic rings. The van der Waals surface area contributed by atoms with Gasteiger partial charge in [-0.05, 0) is 91.9 Å². The zero-order valence-electron chi connectivity index (χ0n) is 20.9. The second-order valence-corrected chi connectivity index (χ2v) is 11.9. The summed E-state index contributed by atoms with van der Waals surface area (Å²) in [4.78, 5) is 22.2. The fourth-order valence-electron chi connectivity index (χ4n) is 6.38. The van der Waals surface area contributed by atoms with Crippen LogP contribution in [0.3, 0.4) is 0 Å². The van der Waals surface area contributed by atoms with Crippen LogP contribution in [-0.4, -0.2) is 57.5 Å². The minimum atomic E-state index is -4.30. The Morgan fingerprint density at radius 3 is 2.68 bits per heavy atom. The Kier molecular flexibility index (Phi) is 6.77. The van der Waals surface area contributed by atoms with E-state index in [1.165, 1.54) is 35.5 Å². The van der Waals surface area contributed by atoms with Gasteiger partial charge in [-0.1, -0.05) is 6.07 Å². The van der Waals surface area contributed by atoms with E-state index in [0.717, 1.165) is 74.9 Å². The zero-order chi connectivity index (χ0) is 25.6. The lowest BCUT2D eigenvalue weighted by atomic mass is 9.89. The highest BCUT2D eigenvalue weighted by Crippen LogP contribution is 2.44. The molecule has 1 saturated carbocycles. The van der Waals surface area contributed by atoms with Crippen LogP contribution in [0.15, 0.2) is 42.3 Å². The molecule has 9 heteroatoms. The maximum atomic E-state index is 13.4. The van der Waals surface area contributed by atoms with E-state index in [0.29, 0.717) is 17.7 Å². The summed E-state index contributed by atoms with van der Waals surface area (Å²) in [5, 5.41) is 3.02. The standard InChI is InChI=1S/C28H33F3N4OS/c29-28(30,31)21-4-5-23-25(17-37-26(23)14-21)19-6-10-33(11-7-19)15-20-13-24(20)27(36)35-9-2-1-3-22(35)16-34-12-8-32-18-34/h4-5,8,12,14,17-20,22,24H,1-3,6-7,9-11,13,15-16H2/t20?,22?,24-/m1/s1. The summed E-state index contributed by atoms with van der Waals surface area (Å²) in [5.41, 5.74) is 0.622. The normalized spacial score (nSPS) is 25.6. The molecule has 3 aromatic rings. The predicted molar refractivity (Wildman–Crippen MR) is 138 cm³/mol. The number of aromatic nitrogens is 2. The second kappa shape index (κ2) is 10.1. The quantitative estimate of drug-likeness (QED) is 0.392. The minimum Gasteiger partial charge on any atom is -0.338 e. The highest BCUT2D eigenvalue weighted by atomic mass is 32.1. The van der Waals surface area contributed by atoms with Gasteiger partial charge in [0.25, 0.3) is 0 Å². The molecule has 2 aromatic heterocycles. The number of rotatable bonds is 6. The number of carbonyl (C=O) groups is 1. The Morgan fingerprint density at radius 2 is 1.92 bits per heavy atom. The van der Waals surface area contributed by atoms with Gasteiger partial charge in [0.15, 0.2) is 0 Å². The second-order valence-electron chi connectivity index (χ2n) is 11.0. The van der Waals surface area contributed by atoms with Crippen LogP contribution in [0.1, 0.15) is 55.6 Å². The molecule has 0 bridgehead atoms. The van der Waals surface area contributed by atoms with Crippen LogP contribution in [0.2, 0.25) is 0 Å². The van der Waals surface area contributed by atoms with Gasteiger partial charge in [-0.25, -0.2) is 4.98 Å². The van der Waals surface area contributed by atoms with Gasteiger partial charge in [0, 0.05) is 48.7 Å². The number of fused-ring (bicyclic) bond motifs is 1. The molecule has 1 amide bonds. The van der Waals surface area contributed by atoms with E-state index >= 15 is 0 Å². The maximum absolute atomic E-state index is 13.4. The SMILES string of the molecule is O=C([C@@H]1CC1CN1CCC(c2csc3cc(C(F)(F)F)ccc23)CC1)N1CCCCC1Cn1ccnc1. The van der Waals surface area contributed by atoms with Crippen molar-refractivity contribution in [1.82, 2.24) is 19.4 Å². The number of likely N-dealkylation sites (tertiary alicyclic amines) is 2. The highest BCUT2D eigenvalue weighted by Gasteiger charge is 2.47. The molecule has 2 saturated heterocycles. The molecule has 0 radical (unpaired) electrons. The monoisotopic (exact) mass is 530 g/mol. The van der Waals surface area contributed by atoms with Crippen molar-refractivity contribution in [2.45, 2.75) is 63.2 Å². The third-order valence-corrected chi connectivity index (χ3v) is 9.55. The molecular weight excluding hydrogens is 497 g/mol. The lowest BCUT2D eigenvalue weighted by Crippen LogP contribution is -2.47. The summed E-state index contributed by atoms with van der Waals surface area (Å²) in [7, 11) is 0. The van der Waals surface area contributed by atoms with Crippen molar-refractivity contribution in [1.29, 1.82) is 0 Å². The largest absolute Gasteiger partial charge is 0.416 e. The molecule has 4 heterocycles. The van der Waals surface area contributed by atoms with Crippen molar-refractivity contribution < 1.29 is 18.0 Å². The van der Waals surface area contributed by atoms with E-state index in [4.69, 9.17) is 0 Å². The molecule has 0 N–H and O–H groups in total. The molecule has 1 aromatic carbocycles. The summed E-state index contributed by atoms with van der Waals surface area (Å²) in [6, 6.07) is 4.41. The first-order valence-electron chi connectivity index (χ1n) is 13.4. The summed E-state index contributed by atoms with van der Waals surface area (Å²) >= 11 is 1.42. The van der Waals surface area contributed by atoms with Gasteiger partial charge in [0.05, 0.1) is 11.9 Å². The molecule has 5 nitrogen and oxygen atoms in total. The topological polar surface area (TPSA) is 41.4 Å². The van der Waals surface area contributed by atoms with Crippen molar-refractivity contribution in [3.63, 3.8) is 0 Å². The number of carbonyl (C=O) groups excluding carboxylic acids is 1. The van der Waals surface area contributed by atoms with Gasteiger partial charge < -0.3 is 14.4 Å². The smallest absolute Gasteiger partial charge is 0.338 e. The number of imidazole rings is 1. The van der Waals surface area contributed by atoms with Crippen molar-refractivity contribution in [2.75, 3.05) is 26.2 Å². The highest BCUT2D eigenvalue weighted by molar-refractivity contribution is 7.17. The molecule has 0 spiro atoms. The number of halogens is 3. The third kappa shape index (κ3) is 5.30. The molecule has 3 fully saturated rings. The molecular formula is C28H33F3N4OS. The van der Waals surface area contributed by atoms with Crippen LogP contribution in [0, 0.1) is 11.8 Å². The van der Waals surface area contributed by atoms with Crippen molar-refractivity contribution in [3.05, 3.63) is 53.4 Å². The maximum Gasteiger partial charge on any atom is 0.416 e. The minimum absolute atomic E-state index is 0.157. The Balaban J connectivity index is 1.02. The van der Waals surface area contributed by atoms with Gasteiger partial charge >= 0.3 is 6.18 Å². The Labute approximate surface area is 219 Å². The van der Waals surface area contributed by atoms with Crippen LogP contribution < -0.4 is 0 Å². The Morgan fingerprint density at radius 1 is 1.08 bits per heavy atom. The number of alkyl halides is 3. The van der Waals surface area contributed by atoms with Crippen LogP contribution in [-0.2, 0) is 17.5 Å². The summed E-state index contributed by atoms with van der Waals surface area (Å²) in [6.45, 7) is 4.62. The van der Waals surface area contributed by atoms with E-state index in [2.05, 4.69) is 24.7 Å². The molecule has 2 aliphatic heterocycles. The van der Waals surface area contributed by atoms with E-state index in [1.807, 2.05) is 12.5 Å².